The standard InChI is InChI=1S/C19H31Cl2NO2/c1-2-3-4-5-6-7-8-9-10-22-15-17-18(21)13-16(20)14-19(17)24-12-11-23/h13-14,22-23H,2-12,15H2,1H3. The molecule has 0 aliphatic carbocycles. The third kappa shape index (κ3) is 9.12. The third-order valence-corrected chi connectivity index (χ3v) is 4.53. The van der Waals surface area contributed by atoms with Crippen LogP contribution in [-0.2, 0) is 6.54 Å². The van der Waals surface area contributed by atoms with Crippen LogP contribution < -0.4 is 10.1 Å². The first-order chi connectivity index (χ1) is 11.7. The second-order valence-electron chi connectivity index (χ2n) is 6.09. The van der Waals surface area contributed by atoms with Gasteiger partial charge in [0, 0.05) is 17.1 Å². The van der Waals surface area contributed by atoms with E-state index in [2.05, 4.69) is 12.2 Å². The van der Waals surface area contributed by atoms with Crippen molar-refractivity contribution < 1.29 is 9.84 Å². The Balaban J connectivity index is 2.24. The molecule has 0 spiro atoms. The molecule has 0 aliphatic heterocycles. The zero-order chi connectivity index (χ0) is 17.6. The van der Waals surface area contributed by atoms with Crippen LogP contribution in [0, 0.1) is 0 Å². The maximum atomic E-state index is 8.92. The number of ether oxygens (including phenoxy) is 1. The zero-order valence-electron chi connectivity index (χ0n) is 14.8. The van der Waals surface area contributed by atoms with E-state index in [1.54, 1.807) is 12.1 Å². The lowest BCUT2D eigenvalue weighted by Crippen LogP contribution is -2.16. The van der Waals surface area contributed by atoms with Crippen LogP contribution in [0.15, 0.2) is 12.1 Å². The Bertz CT molecular complexity index is 455. The first-order valence-corrected chi connectivity index (χ1v) is 9.87. The molecule has 0 unspecified atom stereocenters. The van der Waals surface area contributed by atoms with E-state index < -0.39 is 0 Å². The summed E-state index contributed by atoms with van der Waals surface area (Å²) in [5.74, 6) is 0.643. The van der Waals surface area contributed by atoms with Crippen LogP contribution in [0.5, 0.6) is 5.75 Å². The summed E-state index contributed by atoms with van der Waals surface area (Å²) in [6, 6.07) is 3.47. The molecule has 0 fully saturated rings. The minimum absolute atomic E-state index is 0.0325. The minimum atomic E-state index is -0.0325. The summed E-state index contributed by atoms with van der Waals surface area (Å²) < 4.78 is 5.53. The van der Waals surface area contributed by atoms with Crippen LogP contribution >= 0.6 is 23.2 Å². The molecule has 0 atom stereocenters. The van der Waals surface area contributed by atoms with Gasteiger partial charge in [-0.15, -0.1) is 0 Å². The van der Waals surface area contributed by atoms with E-state index in [1.165, 1.54) is 51.4 Å². The monoisotopic (exact) mass is 375 g/mol. The molecule has 0 heterocycles. The molecule has 2 N–H and O–H groups in total. The van der Waals surface area contributed by atoms with Crippen molar-refractivity contribution in [3.8, 4) is 5.75 Å². The van der Waals surface area contributed by atoms with Crippen molar-refractivity contribution >= 4 is 23.2 Å². The number of nitrogens with one attached hydrogen (secondary N) is 1. The van der Waals surface area contributed by atoms with Gasteiger partial charge >= 0.3 is 0 Å². The average molecular weight is 376 g/mol. The molecule has 0 aromatic heterocycles. The summed E-state index contributed by atoms with van der Waals surface area (Å²) in [6.45, 7) is 4.07. The van der Waals surface area contributed by atoms with E-state index in [0.717, 1.165) is 12.1 Å². The average Bonchev–Trinajstić information content (AvgIpc) is 2.56. The van der Waals surface area contributed by atoms with Crippen molar-refractivity contribution in [1.82, 2.24) is 5.32 Å². The fourth-order valence-corrected chi connectivity index (χ4v) is 3.17. The first-order valence-electron chi connectivity index (χ1n) is 9.11. The summed E-state index contributed by atoms with van der Waals surface area (Å²) >= 11 is 12.3. The molecule has 1 rings (SSSR count). The van der Waals surface area contributed by atoms with Gasteiger partial charge in [-0.3, -0.25) is 0 Å². The highest BCUT2D eigenvalue weighted by Gasteiger charge is 2.10. The Labute approximate surface area is 156 Å². The SMILES string of the molecule is CCCCCCCCCCNCc1c(Cl)cc(Cl)cc1OCCO. The van der Waals surface area contributed by atoms with Gasteiger partial charge in [0.2, 0.25) is 0 Å². The molecule has 0 saturated carbocycles. The summed E-state index contributed by atoms with van der Waals surface area (Å²) in [5, 5.41) is 13.5. The van der Waals surface area contributed by atoms with Crippen LogP contribution in [-0.4, -0.2) is 24.9 Å². The van der Waals surface area contributed by atoms with Crippen molar-refractivity contribution in [3.05, 3.63) is 27.7 Å². The molecule has 3 nitrogen and oxygen atoms in total. The van der Waals surface area contributed by atoms with Crippen molar-refractivity contribution in [3.63, 3.8) is 0 Å². The maximum absolute atomic E-state index is 8.92. The topological polar surface area (TPSA) is 41.5 Å². The Morgan fingerprint density at radius 3 is 2.33 bits per heavy atom. The van der Waals surface area contributed by atoms with Gasteiger partial charge in [-0.05, 0) is 25.1 Å². The number of unbranched alkanes of at least 4 members (excludes halogenated alkanes) is 7. The van der Waals surface area contributed by atoms with Gasteiger partial charge in [0.1, 0.15) is 12.4 Å². The normalized spacial score (nSPS) is 11.0. The Morgan fingerprint density at radius 2 is 1.67 bits per heavy atom. The maximum Gasteiger partial charge on any atom is 0.126 e. The van der Waals surface area contributed by atoms with Crippen molar-refractivity contribution in [2.75, 3.05) is 19.8 Å². The fraction of sp³-hybridized carbons (Fsp3) is 0.684. The van der Waals surface area contributed by atoms with E-state index in [1.807, 2.05) is 0 Å². The number of aliphatic hydroxyl groups is 1. The number of hydrogen-bond acceptors (Lipinski definition) is 3. The third-order valence-electron chi connectivity index (χ3n) is 3.98. The number of aliphatic hydroxyl groups excluding tert-OH is 1. The van der Waals surface area contributed by atoms with Gasteiger partial charge in [0.25, 0.3) is 0 Å². The Hall–Kier alpha value is -0.480. The van der Waals surface area contributed by atoms with Crippen LogP contribution in [0.2, 0.25) is 10.0 Å². The lowest BCUT2D eigenvalue weighted by atomic mass is 10.1. The second kappa shape index (κ2) is 13.8. The van der Waals surface area contributed by atoms with Gasteiger partial charge < -0.3 is 15.2 Å². The molecule has 0 bridgehead atoms. The summed E-state index contributed by atoms with van der Waals surface area (Å²) in [5.41, 5.74) is 0.897. The van der Waals surface area contributed by atoms with Crippen LogP contribution in [0.3, 0.4) is 0 Å². The molecule has 0 saturated heterocycles. The van der Waals surface area contributed by atoms with Crippen LogP contribution in [0.4, 0.5) is 0 Å². The first kappa shape index (κ1) is 21.6. The molecule has 0 amide bonds. The van der Waals surface area contributed by atoms with Crippen molar-refractivity contribution in [1.29, 1.82) is 0 Å². The van der Waals surface area contributed by atoms with Gasteiger partial charge in [0.15, 0.2) is 0 Å². The highest BCUT2D eigenvalue weighted by Crippen LogP contribution is 2.31. The second-order valence-corrected chi connectivity index (χ2v) is 6.93. The van der Waals surface area contributed by atoms with Gasteiger partial charge in [-0.2, -0.15) is 0 Å². The fourth-order valence-electron chi connectivity index (χ4n) is 2.63. The lowest BCUT2D eigenvalue weighted by Gasteiger charge is -2.14. The van der Waals surface area contributed by atoms with Crippen molar-refractivity contribution in [2.24, 2.45) is 0 Å². The summed E-state index contributed by atoms with van der Waals surface area (Å²) in [6.07, 6.45) is 10.5. The number of halogens is 2. The molecule has 24 heavy (non-hydrogen) atoms. The molecule has 0 aliphatic rings. The largest absolute Gasteiger partial charge is 0.491 e. The molecule has 138 valence electrons. The Kier molecular flexibility index (Phi) is 12.4. The number of rotatable bonds is 14. The van der Waals surface area contributed by atoms with E-state index >= 15 is 0 Å². The highest BCUT2D eigenvalue weighted by atomic mass is 35.5. The zero-order valence-corrected chi connectivity index (χ0v) is 16.3. The number of hydrogen-bond donors (Lipinski definition) is 2. The van der Waals surface area contributed by atoms with Gasteiger partial charge in [-0.25, -0.2) is 0 Å². The molecular weight excluding hydrogens is 345 g/mol. The van der Waals surface area contributed by atoms with Crippen LogP contribution in [0.25, 0.3) is 0 Å². The smallest absolute Gasteiger partial charge is 0.126 e. The predicted molar refractivity (Wildman–Crippen MR) is 103 cm³/mol. The predicted octanol–water partition coefficient (Wildman–Crippen LogP) is 5.59. The summed E-state index contributed by atoms with van der Waals surface area (Å²) in [7, 11) is 0. The van der Waals surface area contributed by atoms with Gasteiger partial charge in [-0.1, -0.05) is 75.1 Å². The van der Waals surface area contributed by atoms with E-state index in [0.29, 0.717) is 22.3 Å². The quantitative estimate of drug-likeness (QED) is 0.416. The molecule has 1 aromatic carbocycles. The summed E-state index contributed by atoms with van der Waals surface area (Å²) in [4.78, 5) is 0. The van der Waals surface area contributed by atoms with E-state index in [9.17, 15) is 0 Å². The Morgan fingerprint density at radius 1 is 1.00 bits per heavy atom. The van der Waals surface area contributed by atoms with Gasteiger partial charge in [0.05, 0.1) is 11.6 Å². The molecule has 1 aromatic rings. The number of benzene rings is 1. The van der Waals surface area contributed by atoms with E-state index in [-0.39, 0.29) is 13.2 Å². The van der Waals surface area contributed by atoms with Crippen LogP contribution in [0.1, 0.15) is 63.9 Å². The minimum Gasteiger partial charge on any atom is -0.491 e. The lowest BCUT2D eigenvalue weighted by molar-refractivity contribution is 0.200. The molecule has 5 heteroatoms. The molecule has 0 radical (unpaired) electrons. The highest BCUT2D eigenvalue weighted by molar-refractivity contribution is 6.35. The molecular formula is C19H31Cl2NO2. The van der Waals surface area contributed by atoms with E-state index in [4.69, 9.17) is 33.0 Å². The van der Waals surface area contributed by atoms with Crippen molar-refractivity contribution in [2.45, 2.75) is 64.8 Å².